The zero-order valence-electron chi connectivity index (χ0n) is 9.58. The molecule has 82 valence electrons. The second-order valence-electron chi connectivity index (χ2n) is 5.23. The molecule has 14 heavy (non-hydrogen) atoms. The number of nitrogens with two attached hydrogens (primary N) is 1. The summed E-state index contributed by atoms with van der Waals surface area (Å²) in [6.45, 7) is 2.24. The van der Waals surface area contributed by atoms with Gasteiger partial charge in [0.1, 0.15) is 0 Å². The van der Waals surface area contributed by atoms with Crippen molar-refractivity contribution in [3.63, 3.8) is 0 Å². The quantitative estimate of drug-likeness (QED) is 0.748. The minimum Gasteiger partial charge on any atom is -0.327 e. The molecular weight excluding hydrogens is 172 g/mol. The Morgan fingerprint density at radius 3 is 2.36 bits per heavy atom. The van der Waals surface area contributed by atoms with Crippen LogP contribution >= 0.6 is 0 Å². The molecule has 0 aromatic carbocycles. The van der Waals surface area contributed by atoms with Crippen LogP contribution in [-0.4, -0.2) is 30.1 Å². The SMILES string of the molecule is CCC[C@@H](N)C1CC2CCC(C1)N2C. The summed E-state index contributed by atoms with van der Waals surface area (Å²) in [4.78, 5) is 2.59. The van der Waals surface area contributed by atoms with Crippen molar-refractivity contribution in [1.82, 2.24) is 4.90 Å². The molecule has 2 nitrogen and oxygen atoms in total. The molecule has 0 saturated carbocycles. The average molecular weight is 196 g/mol. The summed E-state index contributed by atoms with van der Waals surface area (Å²) in [5.41, 5.74) is 6.24. The molecule has 2 aliphatic rings. The zero-order valence-corrected chi connectivity index (χ0v) is 9.58. The van der Waals surface area contributed by atoms with E-state index in [4.69, 9.17) is 5.73 Å². The molecule has 0 aliphatic carbocycles. The monoisotopic (exact) mass is 196 g/mol. The summed E-state index contributed by atoms with van der Waals surface area (Å²) in [7, 11) is 2.30. The third-order valence-corrected chi connectivity index (χ3v) is 4.36. The van der Waals surface area contributed by atoms with Crippen LogP contribution in [0.25, 0.3) is 0 Å². The van der Waals surface area contributed by atoms with Gasteiger partial charge in [-0.05, 0) is 45.1 Å². The molecule has 0 spiro atoms. The van der Waals surface area contributed by atoms with Crippen molar-refractivity contribution in [2.75, 3.05) is 7.05 Å². The fourth-order valence-corrected chi connectivity index (χ4v) is 3.37. The van der Waals surface area contributed by atoms with Crippen molar-refractivity contribution in [1.29, 1.82) is 0 Å². The average Bonchev–Trinajstić information content (AvgIpc) is 2.42. The molecule has 2 heterocycles. The van der Waals surface area contributed by atoms with E-state index in [0.29, 0.717) is 6.04 Å². The summed E-state index contributed by atoms with van der Waals surface area (Å²) in [6.07, 6.45) is 7.99. The number of rotatable bonds is 3. The van der Waals surface area contributed by atoms with Crippen molar-refractivity contribution < 1.29 is 0 Å². The standard InChI is InChI=1S/C12H24N2/c1-3-4-12(13)9-7-10-5-6-11(8-9)14(10)2/h9-12H,3-8,13H2,1-2H3/t9?,10?,11?,12-/m1/s1. The maximum atomic E-state index is 6.24. The van der Waals surface area contributed by atoms with Gasteiger partial charge in [-0.3, -0.25) is 0 Å². The predicted molar refractivity (Wildman–Crippen MR) is 60.2 cm³/mol. The number of nitrogens with zero attached hydrogens (tertiary/aromatic N) is 1. The highest BCUT2D eigenvalue weighted by Gasteiger charge is 2.39. The van der Waals surface area contributed by atoms with Crippen molar-refractivity contribution in [2.24, 2.45) is 11.7 Å². The van der Waals surface area contributed by atoms with Crippen LogP contribution in [0.1, 0.15) is 45.4 Å². The molecule has 2 aliphatic heterocycles. The second-order valence-corrected chi connectivity index (χ2v) is 5.23. The van der Waals surface area contributed by atoms with E-state index in [1.807, 2.05) is 0 Å². The van der Waals surface area contributed by atoms with Crippen LogP contribution in [0, 0.1) is 5.92 Å². The van der Waals surface area contributed by atoms with Crippen LogP contribution in [-0.2, 0) is 0 Å². The Labute approximate surface area is 87.8 Å². The first-order chi connectivity index (χ1) is 6.72. The van der Waals surface area contributed by atoms with Crippen LogP contribution in [0.5, 0.6) is 0 Å². The van der Waals surface area contributed by atoms with E-state index in [2.05, 4.69) is 18.9 Å². The Balaban J connectivity index is 1.92. The summed E-state index contributed by atoms with van der Waals surface area (Å²) < 4.78 is 0. The van der Waals surface area contributed by atoms with E-state index in [1.165, 1.54) is 38.5 Å². The van der Waals surface area contributed by atoms with Crippen LogP contribution in [0.3, 0.4) is 0 Å². The molecule has 2 N–H and O–H groups in total. The van der Waals surface area contributed by atoms with Crippen LogP contribution in [0.4, 0.5) is 0 Å². The van der Waals surface area contributed by atoms with E-state index >= 15 is 0 Å². The van der Waals surface area contributed by atoms with E-state index in [0.717, 1.165) is 18.0 Å². The number of piperidine rings is 1. The first kappa shape index (κ1) is 10.4. The minimum atomic E-state index is 0.469. The normalized spacial score (nSPS) is 40.1. The maximum absolute atomic E-state index is 6.24. The summed E-state index contributed by atoms with van der Waals surface area (Å²) in [5, 5.41) is 0. The van der Waals surface area contributed by atoms with Crippen LogP contribution in [0.2, 0.25) is 0 Å². The molecule has 2 rings (SSSR count). The lowest BCUT2D eigenvalue weighted by molar-refractivity contribution is 0.118. The lowest BCUT2D eigenvalue weighted by atomic mass is 9.84. The molecular formula is C12H24N2. The Kier molecular flexibility index (Phi) is 3.13. The fourth-order valence-electron chi connectivity index (χ4n) is 3.37. The Bertz CT molecular complexity index is 179. The van der Waals surface area contributed by atoms with Gasteiger partial charge in [0.25, 0.3) is 0 Å². The van der Waals surface area contributed by atoms with Gasteiger partial charge in [0.2, 0.25) is 0 Å². The smallest absolute Gasteiger partial charge is 0.00989 e. The van der Waals surface area contributed by atoms with Crippen LogP contribution in [0.15, 0.2) is 0 Å². The fraction of sp³-hybridized carbons (Fsp3) is 1.00. The van der Waals surface area contributed by atoms with Gasteiger partial charge in [-0.25, -0.2) is 0 Å². The van der Waals surface area contributed by atoms with Crippen molar-refractivity contribution >= 4 is 0 Å². The second kappa shape index (κ2) is 4.19. The van der Waals surface area contributed by atoms with Gasteiger partial charge in [0, 0.05) is 18.1 Å². The Hall–Kier alpha value is -0.0800. The Morgan fingerprint density at radius 1 is 1.29 bits per heavy atom. The van der Waals surface area contributed by atoms with E-state index in [1.54, 1.807) is 0 Å². The maximum Gasteiger partial charge on any atom is 0.00989 e. The third kappa shape index (κ3) is 1.82. The summed E-state index contributed by atoms with van der Waals surface area (Å²) >= 11 is 0. The minimum absolute atomic E-state index is 0.469. The zero-order chi connectivity index (χ0) is 10.1. The highest BCUT2D eigenvalue weighted by atomic mass is 15.2. The van der Waals surface area contributed by atoms with Gasteiger partial charge >= 0.3 is 0 Å². The lowest BCUT2D eigenvalue weighted by Gasteiger charge is -2.38. The third-order valence-electron chi connectivity index (χ3n) is 4.36. The molecule has 2 heteroatoms. The van der Waals surface area contributed by atoms with Gasteiger partial charge in [-0.2, -0.15) is 0 Å². The molecule has 2 fully saturated rings. The van der Waals surface area contributed by atoms with E-state index in [9.17, 15) is 0 Å². The first-order valence-electron chi connectivity index (χ1n) is 6.20. The van der Waals surface area contributed by atoms with Gasteiger partial charge < -0.3 is 10.6 Å². The first-order valence-corrected chi connectivity index (χ1v) is 6.20. The summed E-state index contributed by atoms with van der Waals surface area (Å²) in [6, 6.07) is 2.17. The molecule has 2 unspecified atom stereocenters. The van der Waals surface area contributed by atoms with Crippen LogP contribution < -0.4 is 5.73 Å². The summed E-state index contributed by atoms with van der Waals surface area (Å²) in [5.74, 6) is 0.809. The van der Waals surface area contributed by atoms with Gasteiger partial charge in [0.05, 0.1) is 0 Å². The molecule has 0 aromatic heterocycles. The molecule has 0 aromatic rings. The Morgan fingerprint density at radius 2 is 1.86 bits per heavy atom. The molecule has 2 saturated heterocycles. The van der Waals surface area contributed by atoms with Crippen molar-refractivity contribution in [3.8, 4) is 0 Å². The topological polar surface area (TPSA) is 29.3 Å². The predicted octanol–water partition coefficient (Wildman–Crippen LogP) is 1.99. The number of fused-ring (bicyclic) bond motifs is 2. The van der Waals surface area contributed by atoms with Crippen molar-refractivity contribution in [3.05, 3.63) is 0 Å². The largest absolute Gasteiger partial charge is 0.327 e. The van der Waals surface area contributed by atoms with Gasteiger partial charge in [0.15, 0.2) is 0 Å². The molecule has 3 atom stereocenters. The molecule has 0 amide bonds. The highest BCUT2D eigenvalue weighted by molar-refractivity contribution is 4.95. The highest BCUT2D eigenvalue weighted by Crippen LogP contribution is 2.38. The van der Waals surface area contributed by atoms with E-state index in [-0.39, 0.29) is 0 Å². The molecule has 0 radical (unpaired) electrons. The molecule has 2 bridgehead atoms. The van der Waals surface area contributed by atoms with Gasteiger partial charge in [-0.15, -0.1) is 0 Å². The lowest BCUT2D eigenvalue weighted by Crippen LogP contribution is -2.45. The van der Waals surface area contributed by atoms with Crippen molar-refractivity contribution in [2.45, 2.75) is 63.6 Å². The van der Waals surface area contributed by atoms with Gasteiger partial charge in [-0.1, -0.05) is 13.3 Å². The van der Waals surface area contributed by atoms with E-state index < -0.39 is 0 Å². The number of hydrogen-bond acceptors (Lipinski definition) is 2. The number of hydrogen-bond donors (Lipinski definition) is 1.